The zero-order chi connectivity index (χ0) is 22.0. The molecule has 0 radical (unpaired) electrons. The highest BCUT2D eigenvalue weighted by Gasteiger charge is 2.12. The van der Waals surface area contributed by atoms with Crippen molar-refractivity contribution >= 4 is 44.4 Å². The molecule has 1 heterocycles. The SMILES string of the molecule is COc1cc(NC(=O)c2cc(Br)cc(-c3ccc4nc(N)ncc4c3)c2)cc(OC)c1. The molecule has 0 aliphatic heterocycles. The fourth-order valence-electron chi connectivity index (χ4n) is 3.20. The fraction of sp³-hybridized carbons (Fsp3) is 0.0870. The second kappa shape index (κ2) is 8.61. The summed E-state index contributed by atoms with van der Waals surface area (Å²) >= 11 is 3.51. The molecule has 4 aromatic rings. The van der Waals surface area contributed by atoms with Crippen LogP contribution in [-0.2, 0) is 0 Å². The Bertz CT molecular complexity index is 1270. The Kier molecular flexibility index (Phi) is 5.73. The molecule has 0 aliphatic rings. The van der Waals surface area contributed by atoms with E-state index in [1.165, 1.54) is 0 Å². The van der Waals surface area contributed by atoms with Crippen LogP contribution in [0.15, 0.2) is 65.3 Å². The van der Waals surface area contributed by atoms with Gasteiger partial charge in [-0.25, -0.2) is 9.97 Å². The van der Waals surface area contributed by atoms with Crippen molar-refractivity contribution in [3.63, 3.8) is 0 Å². The number of anilines is 2. The van der Waals surface area contributed by atoms with Crippen molar-refractivity contribution in [2.45, 2.75) is 0 Å². The van der Waals surface area contributed by atoms with Gasteiger partial charge in [-0.2, -0.15) is 0 Å². The number of hydrogen-bond donors (Lipinski definition) is 2. The zero-order valence-electron chi connectivity index (χ0n) is 16.8. The number of nitrogens with one attached hydrogen (secondary N) is 1. The molecular formula is C23H19BrN4O3. The lowest BCUT2D eigenvalue weighted by Gasteiger charge is -2.11. The number of halogens is 1. The van der Waals surface area contributed by atoms with Crippen LogP contribution in [0, 0.1) is 0 Å². The van der Waals surface area contributed by atoms with Crippen molar-refractivity contribution in [1.29, 1.82) is 0 Å². The lowest BCUT2D eigenvalue weighted by Crippen LogP contribution is -2.12. The van der Waals surface area contributed by atoms with E-state index in [0.29, 0.717) is 22.7 Å². The summed E-state index contributed by atoms with van der Waals surface area (Å²) in [6, 6.07) is 16.5. The predicted molar refractivity (Wildman–Crippen MR) is 125 cm³/mol. The third kappa shape index (κ3) is 4.59. The molecule has 31 heavy (non-hydrogen) atoms. The molecule has 7 nitrogen and oxygen atoms in total. The molecule has 0 atom stereocenters. The topological polar surface area (TPSA) is 99.4 Å². The lowest BCUT2D eigenvalue weighted by atomic mass is 10.0. The Morgan fingerprint density at radius 3 is 2.42 bits per heavy atom. The monoisotopic (exact) mass is 478 g/mol. The second-order valence-corrected chi connectivity index (χ2v) is 7.70. The van der Waals surface area contributed by atoms with Crippen LogP contribution in [0.2, 0.25) is 0 Å². The Morgan fingerprint density at radius 1 is 0.968 bits per heavy atom. The molecule has 8 heteroatoms. The van der Waals surface area contributed by atoms with Gasteiger partial charge < -0.3 is 20.5 Å². The Hall–Kier alpha value is -3.65. The van der Waals surface area contributed by atoms with E-state index in [9.17, 15) is 4.79 Å². The average molecular weight is 479 g/mol. The first-order valence-electron chi connectivity index (χ1n) is 9.33. The van der Waals surface area contributed by atoms with Gasteiger partial charge in [-0.15, -0.1) is 0 Å². The van der Waals surface area contributed by atoms with E-state index in [0.717, 1.165) is 26.5 Å². The highest BCUT2D eigenvalue weighted by molar-refractivity contribution is 9.10. The molecule has 0 saturated heterocycles. The molecule has 1 amide bonds. The number of methoxy groups -OCH3 is 2. The molecule has 3 N–H and O–H groups in total. The molecule has 0 unspecified atom stereocenters. The van der Waals surface area contributed by atoms with Crippen molar-refractivity contribution < 1.29 is 14.3 Å². The second-order valence-electron chi connectivity index (χ2n) is 6.79. The summed E-state index contributed by atoms with van der Waals surface area (Å²) in [4.78, 5) is 21.2. The van der Waals surface area contributed by atoms with E-state index in [1.54, 1.807) is 44.7 Å². The number of rotatable bonds is 5. The first-order valence-corrected chi connectivity index (χ1v) is 10.1. The molecule has 3 aromatic carbocycles. The largest absolute Gasteiger partial charge is 0.497 e. The minimum atomic E-state index is -0.255. The summed E-state index contributed by atoms with van der Waals surface area (Å²) in [5.74, 6) is 1.15. The van der Waals surface area contributed by atoms with Gasteiger partial charge in [0.2, 0.25) is 5.95 Å². The maximum Gasteiger partial charge on any atom is 0.255 e. The summed E-state index contributed by atoms with van der Waals surface area (Å²) < 4.78 is 11.3. The van der Waals surface area contributed by atoms with E-state index in [2.05, 4.69) is 31.2 Å². The van der Waals surface area contributed by atoms with E-state index in [1.807, 2.05) is 30.3 Å². The van der Waals surface area contributed by atoms with Gasteiger partial charge in [0, 0.05) is 45.5 Å². The third-order valence-electron chi connectivity index (χ3n) is 4.70. The van der Waals surface area contributed by atoms with E-state index in [4.69, 9.17) is 15.2 Å². The van der Waals surface area contributed by atoms with Crippen molar-refractivity contribution in [3.05, 3.63) is 70.8 Å². The molecule has 0 bridgehead atoms. The molecule has 4 rings (SSSR count). The smallest absolute Gasteiger partial charge is 0.255 e. The highest BCUT2D eigenvalue weighted by atomic mass is 79.9. The standard InChI is InChI=1S/C23H19BrN4O3/c1-30-19-9-18(10-20(11-19)31-2)27-22(29)15-6-14(7-17(24)8-15)13-3-4-21-16(5-13)12-26-23(25)28-21/h3-12H,1-2H3,(H,27,29)(H2,25,26,28). The Morgan fingerprint density at radius 2 is 1.71 bits per heavy atom. The number of ether oxygens (including phenoxy) is 2. The van der Waals surface area contributed by atoms with Crippen LogP contribution in [0.4, 0.5) is 11.6 Å². The minimum absolute atomic E-state index is 0.232. The third-order valence-corrected chi connectivity index (χ3v) is 5.16. The number of nitrogens with zero attached hydrogens (tertiary/aromatic N) is 2. The van der Waals surface area contributed by atoms with E-state index in [-0.39, 0.29) is 11.9 Å². The molecule has 0 fully saturated rings. The number of benzene rings is 3. The Balaban J connectivity index is 1.66. The van der Waals surface area contributed by atoms with E-state index < -0.39 is 0 Å². The van der Waals surface area contributed by atoms with Crippen LogP contribution in [0.5, 0.6) is 11.5 Å². The Labute approximate surface area is 187 Å². The van der Waals surface area contributed by atoms with Crippen molar-refractivity contribution in [1.82, 2.24) is 9.97 Å². The first kappa shape index (κ1) is 20.6. The number of nitrogen functional groups attached to an aromatic ring is 1. The maximum atomic E-state index is 13.0. The first-order chi connectivity index (χ1) is 14.9. The van der Waals surface area contributed by atoms with Crippen LogP contribution in [-0.4, -0.2) is 30.1 Å². The van der Waals surface area contributed by atoms with Crippen molar-refractivity contribution in [3.8, 4) is 22.6 Å². The van der Waals surface area contributed by atoms with Gasteiger partial charge in [0.05, 0.1) is 19.7 Å². The van der Waals surface area contributed by atoms with Crippen LogP contribution < -0.4 is 20.5 Å². The van der Waals surface area contributed by atoms with Gasteiger partial charge in [-0.05, 0) is 41.5 Å². The molecule has 156 valence electrons. The number of fused-ring (bicyclic) bond motifs is 1. The fourth-order valence-corrected chi connectivity index (χ4v) is 3.69. The highest BCUT2D eigenvalue weighted by Crippen LogP contribution is 2.29. The quantitative estimate of drug-likeness (QED) is 0.422. The number of carbonyl (C=O) groups is 1. The number of amides is 1. The van der Waals surface area contributed by atoms with Crippen LogP contribution in [0.3, 0.4) is 0 Å². The summed E-state index contributed by atoms with van der Waals surface area (Å²) in [6.07, 6.45) is 1.68. The zero-order valence-corrected chi connectivity index (χ0v) is 18.4. The predicted octanol–water partition coefficient (Wildman–Crippen LogP) is 4.91. The minimum Gasteiger partial charge on any atom is -0.497 e. The number of aromatic nitrogens is 2. The van der Waals surface area contributed by atoms with Gasteiger partial charge in [-0.1, -0.05) is 22.0 Å². The number of nitrogens with two attached hydrogens (primary N) is 1. The van der Waals surface area contributed by atoms with Gasteiger partial charge in [0.1, 0.15) is 11.5 Å². The maximum absolute atomic E-state index is 13.0. The molecule has 0 spiro atoms. The normalized spacial score (nSPS) is 10.7. The van der Waals surface area contributed by atoms with E-state index >= 15 is 0 Å². The average Bonchev–Trinajstić information content (AvgIpc) is 2.77. The van der Waals surface area contributed by atoms with Gasteiger partial charge in [0.25, 0.3) is 5.91 Å². The summed E-state index contributed by atoms with van der Waals surface area (Å²) in [6.45, 7) is 0. The summed E-state index contributed by atoms with van der Waals surface area (Å²) in [7, 11) is 3.12. The number of carbonyl (C=O) groups excluding carboxylic acids is 1. The molecule has 1 aromatic heterocycles. The van der Waals surface area contributed by atoms with Gasteiger partial charge in [-0.3, -0.25) is 4.79 Å². The summed E-state index contributed by atoms with van der Waals surface area (Å²) in [5.41, 5.74) is 9.30. The van der Waals surface area contributed by atoms with Gasteiger partial charge in [0.15, 0.2) is 0 Å². The lowest BCUT2D eigenvalue weighted by molar-refractivity contribution is 0.102. The number of hydrogen-bond acceptors (Lipinski definition) is 6. The molecule has 0 saturated carbocycles. The van der Waals surface area contributed by atoms with Crippen molar-refractivity contribution in [2.24, 2.45) is 0 Å². The molecule has 0 aliphatic carbocycles. The van der Waals surface area contributed by atoms with Crippen LogP contribution in [0.25, 0.3) is 22.0 Å². The van der Waals surface area contributed by atoms with Crippen LogP contribution >= 0.6 is 15.9 Å². The van der Waals surface area contributed by atoms with Gasteiger partial charge >= 0.3 is 0 Å². The van der Waals surface area contributed by atoms with Crippen molar-refractivity contribution in [2.75, 3.05) is 25.3 Å². The summed E-state index contributed by atoms with van der Waals surface area (Å²) in [5, 5.41) is 3.76. The van der Waals surface area contributed by atoms with Crippen LogP contribution in [0.1, 0.15) is 10.4 Å². The molecular weight excluding hydrogens is 460 g/mol.